The number of carbonyl (C=O) groups is 1. The Morgan fingerprint density at radius 2 is 2.20 bits per heavy atom. The van der Waals surface area contributed by atoms with Gasteiger partial charge in [0.1, 0.15) is 7.85 Å². The Morgan fingerprint density at radius 3 is 2.73 bits per heavy atom. The van der Waals surface area contributed by atoms with Crippen molar-refractivity contribution in [3.63, 3.8) is 0 Å². The minimum absolute atomic E-state index is 0.0483. The van der Waals surface area contributed by atoms with Gasteiger partial charge in [-0.3, -0.25) is 4.79 Å². The van der Waals surface area contributed by atoms with Crippen LogP contribution in [0.1, 0.15) is 19.3 Å². The van der Waals surface area contributed by atoms with E-state index >= 15 is 0 Å². The lowest BCUT2D eigenvalue weighted by atomic mass is 9.89. The van der Waals surface area contributed by atoms with Gasteiger partial charge in [-0.05, 0) is 18.8 Å². The molecule has 15 heavy (non-hydrogen) atoms. The Kier molecular flexibility index (Phi) is 4.35. The van der Waals surface area contributed by atoms with E-state index in [4.69, 9.17) is 18.1 Å². The van der Waals surface area contributed by atoms with Gasteiger partial charge in [-0.2, -0.15) is 0 Å². The van der Waals surface area contributed by atoms with Crippen LogP contribution < -0.4 is 0 Å². The number of carboxylic acid groups (broad SMARTS) is 1. The summed E-state index contributed by atoms with van der Waals surface area (Å²) in [6.45, 7) is 0. The average molecular weight is 210 g/mol. The van der Waals surface area contributed by atoms with Crippen LogP contribution in [-0.2, 0) is 4.79 Å². The van der Waals surface area contributed by atoms with Crippen molar-refractivity contribution in [2.45, 2.75) is 31.4 Å². The van der Waals surface area contributed by atoms with Gasteiger partial charge in [-0.25, -0.2) is 0 Å². The molecule has 1 rings (SSSR count). The van der Waals surface area contributed by atoms with Crippen LogP contribution in [-0.4, -0.2) is 41.2 Å². The number of aliphatic carboxylic acids is 1. The highest BCUT2D eigenvalue weighted by Crippen LogP contribution is 2.35. The van der Waals surface area contributed by atoms with Gasteiger partial charge >= 0.3 is 5.97 Å². The lowest BCUT2D eigenvalue weighted by molar-refractivity contribution is -0.138. The Labute approximate surface area is 90.0 Å². The molecule has 1 unspecified atom stereocenters. The Hall–Kier alpha value is -0.805. The highest BCUT2D eigenvalue weighted by atomic mass is 16.4. The van der Waals surface area contributed by atoms with Crippen molar-refractivity contribution in [2.75, 3.05) is 0 Å². The smallest absolute Gasteiger partial charge is 0.303 e. The number of hydrogen-bond donors (Lipinski definition) is 3. The fraction of sp³-hybridized carbons (Fsp3) is 0.700. The van der Waals surface area contributed by atoms with Gasteiger partial charge in [-0.15, -0.1) is 0 Å². The molecule has 0 aromatic heterocycles. The molecule has 1 aliphatic rings. The van der Waals surface area contributed by atoms with Crippen LogP contribution in [0.25, 0.3) is 0 Å². The predicted octanol–water partition coefficient (Wildman–Crippen LogP) is -0.109. The van der Waals surface area contributed by atoms with Crippen molar-refractivity contribution in [3.8, 4) is 0 Å². The standard InChI is InChI=1S/C10H15BO4/c11-9(13)4-2-7-6(5-10(14)15)1-3-8(7)12/h2,4,6-9,12-13H,1,3,5H2,(H,14,15)/b4-2+/t6-,7-,8-,9?/m1/s1. The van der Waals surface area contributed by atoms with Gasteiger partial charge in [0.25, 0.3) is 0 Å². The first-order valence-electron chi connectivity index (χ1n) is 5.02. The Bertz CT molecular complexity index is 252. The van der Waals surface area contributed by atoms with Crippen molar-refractivity contribution >= 4 is 13.8 Å². The van der Waals surface area contributed by atoms with E-state index in [0.717, 1.165) is 0 Å². The molecule has 4 nitrogen and oxygen atoms in total. The van der Waals surface area contributed by atoms with Crippen molar-refractivity contribution in [1.29, 1.82) is 0 Å². The fourth-order valence-electron chi connectivity index (χ4n) is 2.07. The van der Waals surface area contributed by atoms with Crippen LogP contribution in [0, 0.1) is 11.8 Å². The number of rotatable bonds is 4. The molecule has 82 valence electrons. The largest absolute Gasteiger partial charge is 0.481 e. The summed E-state index contributed by atoms with van der Waals surface area (Å²) in [4.78, 5) is 10.6. The molecule has 0 bridgehead atoms. The second kappa shape index (κ2) is 5.33. The molecule has 0 aromatic carbocycles. The zero-order chi connectivity index (χ0) is 11.4. The Balaban J connectivity index is 2.60. The van der Waals surface area contributed by atoms with E-state index in [-0.39, 0.29) is 18.3 Å². The summed E-state index contributed by atoms with van der Waals surface area (Å²) in [6, 6.07) is -1.05. The van der Waals surface area contributed by atoms with E-state index in [0.29, 0.717) is 12.8 Å². The maximum absolute atomic E-state index is 10.6. The lowest BCUT2D eigenvalue weighted by Gasteiger charge is -2.17. The minimum atomic E-state index is -1.05. The second-order valence-electron chi connectivity index (χ2n) is 3.96. The number of carboxylic acids is 1. The summed E-state index contributed by atoms with van der Waals surface area (Å²) in [7, 11) is 5.13. The third-order valence-corrected chi connectivity index (χ3v) is 2.79. The fourth-order valence-corrected chi connectivity index (χ4v) is 2.07. The zero-order valence-electron chi connectivity index (χ0n) is 8.41. The zero-order valence-corrected chi connectivity index (χ0v) is 8.41. The molecule has 1 fully saturated rings. The molecule has 4 atom stereocenters. The van der Waals surface area contributed by atoms with Gasteiger partial charge < -0.3 is 15.3 Å². The molecule has 0 aliphatic heterocycles. The van der Waals surface area contributed by atoms with E-state index in [2.05, 4.69) is 0 Å². The highest BCUT2D eigenvalue weighted by molar-refractivity contribution is 6.12. The molecule has 1 aliphatic carbocycles. The van der Waals surface area contributed by atoms with Crippen LogP contribution >= 0.6 is 0 Å². The number of hydrogen-bond acceptors (Lipinski definition) is 3. The first-order valence-corrected chi connectivity index (χ1v) is 5.02. The van der Waals surface area contributed by atoms with E-state index < -0.39 is 18.1 Å². The molecule has 0 amide bonds. The highest BCUT2D eigenvalue weighted by Gasteiger charge is 2.34. The molecule has 0 heterocycles. The minimum Gasteiger partial charge on any atom is -0.481 e. The average Bonchev–Trinajstić information content (AvgIpc) is 2.43. The summed E-state index contributed by atoms with van der Waals surface area (Å²) in [6.07, 6.45) is 3.83. The summed E-state index contributed by atoms with van der Waals surface area (Å²) >= 11 is 0. The molecule has 2 radical (unpaired) electrons. The van der Waals surface area contributed by atoms with Crippen molar-refractivity contribution in [1.82, 2.24) is 0 Å². The van der Waals surface area contributed by atoms with Crippen LogP contribution in [0.3, 0.4) is 0 Å². The topological polar surface area (TPSA) is 77.8 Å². The number of aliphatic hydroxyl groups is 2. The summed E-state index contributed by atoms with van der Waals surface area (Å²) < 4.78 is 0. The predicted molar refractivity (Wildman–Crippen MR) is 55.4 cm³/mol. The first-order chi connectivity index (χ1) is 7.00. The third kappa shape index (κ3) is 3.68. The van der Waals surface area contributed by atoms with Crippen molar-refractivity contribution in [3.05, 3.63) is 12.2 Å². The van der Waals surface area contributed by atoms with Crippen LogP contribution in [0.5, 0.6) is 0 Å². The summed E-state index contributed by atoms with van der Waals surface area (Å²) in [5.41, 5.74) is 0. The lowest BCUT2D eigenvalue weighted by Crippen LogP contribution is -2.19. The number of aliphatic hydroxyl groups excluding tert-OH is 2. The maximum atomic E-state index is 10.6. The van der Waals surface area contributed by atoms with Crippen LogP contribution in [0.4, 0.5) is 0 Å². The normalized spacial score (nSPS) is 33.3. The molecule has 5 heteroatoms. The van der Waals surface area contributed by atoms with Gasteiger partial charge in [0.2, 0.25) is 0 Å². The molecule has 0 aromatic rings. The van der Waals surface area contributed by atoms with Crippen molar-refractivity contribution in [2.24, 2.45) is 11.8 Å². The summed E-state index contributed by atoms with van der Waals surface area (Å²) in [5, 5.41) is 27.2. The molecular formula is C10H15BO4. The van der Waals surface area contributed by atoms with E-state index in [1.165, 1.54) is 6.08 Å². The maximum Gasteiger partial charge on any atom is 0.303 e. The van der Waals surface area contributed by atoms with Gasteiger partial charge in [0.15, 0.2) is 0 Å². The molecule has 0 spiro atoms. The van der Waals surface area contributed by atoms with Gasteiger partial charge in [-0.1, -0.05) is 12.2 Å². The van der Waals surface area contributed by atoms with E-state index in [1.54, 1.807) is 6.08 Å². The second-order valence-corrected chi connectivity index (χ2v) is 3.96. The summed E-state index contributed by atoms with van der Waals surface area (Å²) in [5.74, 6) is -1.13. The van der Waals surface area contributed by atoms with Gasteiger partial charge in [0.05, 0.1) is 6.10 Å². The first kappa shape index (κ1) is 12.3. The monoisotopic (exact) mass is 210 g/mol. The quantitative estimate of drug-likeness (QED) is 0.447. The van der Waals surface area contributed by atoms with Crippen LogP contribution in [0.15, 0.2) is 12.2 Å². The van der Waals surface area contributed by atoms with Crippen molar-refractivity contribution < 1.29 is 20.1 Å². The Morgan fingerprint density at radius 1 is 1.53 bits per heavy atom. The molecular weight excluding hydrogens is 195 g/mol. The van der Waals surface area contributed by atoms with Crippen LogP contribution in [0.2, 0.25) is 0 Å². The molecule has 1 saturated carbocycles. The molecule has 0 saturated heterocycles. The molecule has 3 N–H and O–H groups in total. The van der Waals surface area contributed by atoms with E-state index in [1.807, 2.05) is 0 Å². The SMILES string of the molecule is [B]C(O)/C=C/[C@@H]1[C@@H](CC(=O)O)CC[C@H]1O. The van der Waals surface area contributed by atoms with E-state index in [9.17, 15) is 9.90 Å². The third-order valence-electron chi connectivity index (χ3n) is 2.79. The van der Waals surface area contributed by atoms with Gasteiger partial charge in [0, 0.05) is 18.3 Å².